The summed E-state index contributed by atoms with van der Waals surface area (Å²) in [6.45, 7) is 3.71. The summed E-state index contributed by atoms with van der Waals surface area (Å²) in [6, 6.07) is 0. The summed E-state index contributed by atoms with van der Waals surface area (Å²) in [6.07, 6.45) is 5.67. The quantitative estimate of drug-likeness (QED) is 0.510. The Morgan fingerprint density at radius 3 is 2.08 bits per heavy atom. The van der Waals surface area contributed by atoms with Crippen molar-refractivity contribution < 1.29 is 14.7 Å². The van der Waals surface area contributed by atoms with Crippen molar-refractivity contribution in [1.29, 1.82) is 0 Å². The Labute approximate surface area is 80.1 Å². The highest BCUT2D eigenvalue weighted by Gasteiger charge is 1.87. The number of carbonyl (C=O) groups excluding carboxylic acids is 2. The molecule has 0 aromatic rings. The highest BCUT2D eigenvalue weighted by atomic mass is 16.3. The number of carbonyl (C=O) groups is 2. The maximum absolute atomic E-state index is 9.68. The van der Waals surface area contributed by atoms with E-state index in [0.717, 1.165) is 19.1 Å². The molecular weight excluding hydrogens is 168 g/mol. The Morgan fingerprint density at radius 2 is 1.85 bits per heavy atom. The molecule has 0 rings (SSSR count). The van der Waals surface area contributed by atoms with Crippen molar-refractivity contribution in [2.75, 3.05) is 0 Å². The van der Waals surface area contributed by atoms with Crippen LogP contribution in [0.5, 0.6) is 0 Å². The summed E-state index contributed by atoms with van der Waals surface area (Å²) in [7, 11) is 0. The summed E-state index contributed by atoms with van der Waals surface area (Å²) in [5.41, 5.74) is 0. The number of hydrogen-bond acceptors (Lipinski definition) is 3. The van der Waals surface area contributed by atoms with Gasteiger partial charge in [-0.1, -0.05) is 19.8 Å². The van der Waals surface area contributed by atoms with Crippen LogP contribution in [0.1, 0.15) is 46.0 Å². The minimum atomic E-state index is -0.470. The minimum Gasteiger partial charge on any atom is -0.393 e. The normalized spacial score (nSPS) is 11.0. The first kappa shape index (κ1) is 14.8. The number of aldehydes is 2. The van der Waals surface area contributed by atoms with E-state index in [1.165, 1.54) is 12.8 Å². The Kier molecular flexibility index (Phi) is 15.8. The summed E-state index contributed by atoms with van der Waals surface area (Å²) in [5, 5.41) is 8.32. The minimum absolute atomic E-state index is 0.250. The van der Waals surface area contributed by atoms with Crippen molar-refractivity contribution in [2.24, 2.45) is 0 Å². The lowest BCUT2D eigenvalue weighted by Gasteiger charge is -1.89. The number of hydrogen-bond donors (Lipinski definition) is 1. The van der Waals surface area contributed by atoms with E-state index in [2.05, 4.69) is 6.92 Å². The molecule has 0 fully saturated rings. The van der Waals surface area contributed by atoms with Gasteiger partial charge in [0.2, 0.25) is 0 Å². The molecular formula is C10H20O3. The zero-order valence-electron chi connectivity index (χ0n) is 8.53. The monoisotopic (exact) mass is 188 g/mol. The van der Waals surface area contributed by atoms with Crippen LogP contribution >= 0.6 is 0 Å². The molecule has 0 aliphatic rings. The SMILES string of the molecule is CC(O)CC=O.CCCCCC=O. The lowest BCUT2D eigenvalue weighted by atomic mass is 10.2. The van der Waals surface area contributed by atoms with E-state index in [1.54, 1.807) is 6.92 Å². The molecule has 0 heterocycles. The molecule has 1 unspecified atom stereocenters. The molecule has 0 saturated carbocycles. The Hall–Kier alpha value is -0.700. The maximum atomic E-state index is 9.68. The van der Waals surface area contributed by atoms with Crippen LogP contribution in [0, 0.1) is 0 Å². The molecule has 0 saturated heterocycles. The van der Waals surface area contributed by atoms with Gasteiger partial charge in [-0.05, 0) is 13.3 Å². The van der Waals surface area contributed by atoms with Gasteiger partial charge in [0.25, 0.3) is 0 Å². The molecule has 0 amide bonds. The van der Waals surface area contributed by atoms with Gasteiger partial charge in [0, 0.05) is 12.8 Å². The predicted octanol–water partition coefficient (Wildman–Crippen LogP) is 1.72. The zero-order chi connectivity index (χ0) is 10.5. The van der Waals surface area contributed by atoms with Crippen LogP contribution in [-0.2, 0) is 9.59 Å². The molecule has 13 heavy (non-hydrogen) atoms. The zero-order valence-corrected chi connectivity index (χ0v) is 8.53. The molecule has 0 bridgehead atoms. The third kappa shape index (κ3) is 24.6. The van der Waals surface area contributed by atoms with E-state index in [9.17, 15) is 9.59 Å². The lowest BCUT2D eigenvalue weighted by molar-refractivity contribution is -0.109. The fourth-order valence-corrected chi connectivity index (χ4v) is 0.617. The highest BCUT2D eigenvalue weighted by molar-refractivity contribution is 5.49. The van der Waals surface area contributed by atoms with Crippen molar-refractivity contribution in [1.82, 2.24) is 0 Å². The first-order chi connectivity index (χ1) is 6.18. The first-order valence-electron chi connectivity index (χ1n) is 4.74. The lowest BCUT2D eigenvalue weighted by Crippen LogP contribution is -1.97. The number of aliphatic hydroxyl groups excluding tert-OH is 1. The van der Waals surface area contributed by atoms with Gasteiger partial charge in [-0.15, -0.1) is 0 Å². The fraction of sp³-hybridized carbons (Fsp3) is 0.800. The number of rotatable bonds is 6. The fourth-order valence-electron chi connectivity index (χ4n) is 0.617. The van der Waals surface area contributed by atoms with Crippen molar-refractivity contribution in [2.45, 2.75) is 52.1 Å². The third-order valence-corrected chi connectivity index (χ3v) is 1.36. The summed E-state index contributed by atoms with van der Waals surface area (Å²) >= 11 is 0. The van der Waals surface area contributed by atoms with Gasteiger partial charge in [-0.3, -0.25) is 0 Å². The average Bonchev–Trinajstić information content (AvgIpc) is 2.06. The van der Waals surface area contributed by atoms with Gasteiger partial charge < -0.3 is 14.7 Å². The smallest absolute Gasteiger partial charge is 0.122 e. The van der Waals surface area contributed by atoms with Crippen LogP contribution in [0.25, 0.3) is 0 Å². The van der Waals surface area contributed by atoms with Crippen molar-refractivity contribution in [3.63, 3.8) is 0 Å². The van der Waals surface area contributed by atoms with Gasteiger partial charge in [0.15, 0.2) is 0 Å². The largest absolute Gasteiger partial charge is 0.393 e. The van der Waals surface area contributed by atoms with Crippen molar-refractivity contribution >= 4 is 12.6 Å². The second kappa shape index (κ2) is 13.9. The molecule has 0 aromatic heterocycles. The predicted molar refractivity (Wildman–Crippen MR) is 52.6 cm³/mol. The maximum Gasteiger partial charge on any atom is 0.122 e. The van der Waals surface area contributed by atoms with E-state index < -0.39 is 6.10 Å². The Bertz CT molecular complexity index is 111. The second-order valence-electron chi connectivity index (χ2n) is 2.91. The average molecular weight is 188 g/mol. The molecule has 0 aliphatic carbocycles. The molecule has 1 atom stereocenters. The van der Waals surface area contributed by atoms with Crippen molar-refractivity contribution in [3.05, 3.63) is 0 Å². The Balaban J connectivity index is 0. The molecule has 0 aromatic carbocycles. The van der Waals surface area contributed by atoms with E-state index >= 15 is 0 Å². The topological polar surface area (TPSA) is 54.4 Å². The van der Waals surface area contributed by atoms with Crippen LogP contribution in [0.15, 0.2) is 0 Å². The standard InChI is InChI=1S/C6H12O.C4H8O2/c1-2-3-4-5-6-7;1-4(6)2-3-5/h6H,2-5H2,1H3;3-4,6H,2H2,1H3. The van der Waals surface area contributed by atoms with Crippen LogP contribution in [0.4, 0.5) is 0 Å². The van der Waals surface area contributed by atoms with E-state index in [0.29, 0.717) is 6.29 Å². The van der Waals surface area contributed by atoms with Gasteiger partial charge >= 0.3 is 0 Å². The third-order valence-electron chi connectivity index (χ3n) is 1.36. The Morgan fingerprint density at radius 1 is 1.23 bits per heavy atom. The second-order valence-corrected chi connectivity index (χ2v) is 2.91. The molecule has 0 spiro atoms. The van der Waals surface area contributed by atoms with E-state index in [-0.39, 0.29) is 6.42 Å². The summed E-state index contributed by atoms with van der Waals surface area (Å²) < 4.78 is 0. The van der Waals surface area contributed by atoms with Gasteiger partial charge in [-0.2, -0.15) is 0 Å². The van der Waals surface area contributed by atoms with Crippen LogP contribution < -0.4 is 0 Å². The van der Waals surface area contributed by atoms with Gasteiger partial charge in [0.05, 0.1) is 6.10 Å². The molecule has 1 N–H and O–H groups in total. The molecule has 0 radical (unpaired) electrons. The summed E-state index contributed by atoms with van der Waals surface area (Å²) in [5.74, 6) is 0. The van der Waals surface area contributed by atoms with Gasteiger partial charge in [0.1, 0.15) is 12.6 Å². The van der Waals surface area contributed by atoms with Crippen LogP contribution in [0.3, 0.4) is 0 Å². The molecule has 3 heteroatoms. The molecule has 0 aliphatic heterocycles. The van der Waals surface area contributed by atoms with E-state index in [1.807, 2.05) is 0 Å². The number of aliphatic hydroxyl groups is 1. The first-order valence-corrected chi connectivity index (χ1v) is 4.74. The highest BCUT2D eigenvalue weighted by Crippen LogP contribution is 1.94. The van der Waals surface area contributed by atoms with Crippen LogP contribution in [-0.4, -0.2) is 23.8 Å². The van der Waals surface area contributed by atoms with Crippen LogP contribution in [0.2, 0.25) is 0 Å². The van der Waals surface area contributed by atoms with Crippen molar-refractivity contribution in [3.8, 4) is 0 Å². The van der Waals surface area contributed by atoms with Gasteiger partial charge in [-0.25, -0.2) is 0 Å². The molecule has 78 valence electrons. The molecule has 3 nitrogen and oxygen atoms in total. The summed E-state index contributed by atoms with van der Waals surface area (Å²) in [4.78, 5) is 19.1. The number of unbranched alkanes of at least 4 members (excludes halogenated alkanes) is 3. The van der Waals surface area contributed by atoms with E-state index in [4.69, 9.17) is 5.11 Å².